The molecule has 0 aliphatic heterocycles. The molecule has 3 nitrogen and oxygen atoms in total. The van der Waals surface area contributed by atoms with Crippen molar-refractivity contribution in [2.75, 3.05) is 6.61 Å². The molecule has 1 aliphatic rings. The van der Waals surface area contributed by atoms with Gasteiger partial charge >= 0.3 is 0 Å². The van der Waals surface area contributed by atoms with Crippen LogP contribution in [0.3, 0.4) is 0 Å². The van der Waals surface area contributed by atoms with E-state index in [1.807, 2.05) is 6.92 Å². The minimum Gasteiger partial charge on any atom is -0.445 e. The predicted molar refractivity (Wildman–Crippen MR) is 62.5 cm³/mol. The smallest absolute Gasteiger partial charge is 0.200 e. The van der Waals surface area contributed by atoms with E-state index in [1.54, 1.807) is 0 Å². The number of oxazole rings is 1. The Balaban J connectivity index is 2.22. The van der Waals surface area contributed by atoms with E-state index in [2.05, 4.69) is 11.9 Å². The lowest BCUT2D eigenvalue weighted by molar-refractivity contribution is 0.254. The molecule has 2 rings (SSSR count). The molecule has 0 aromatic carbocycles. The Morgan fingerprint density at radius 3 is 2.62 bits per heavy atom. The van der Waals surface area contributed by atoms with Gasteiger partial charge in [0.15, 0.2) is 0 Å². The van der Waals surface area contributed by atoms with Gasteiger partial charge in [0.1, 0.15) is 5.76 Å². The van der Waals surface area contributed by atoms with Gasteiger partial charge in [0, 0.05) is 18.4 Å². The third-order valence-corrected chi connectivity index (χ3v) is 3.71. The lowest BCUT2D eigenvalue weighted by Crippen LogP contribution is -2.25. The summed E-state index contributed by atoms with van der Waals surface area (Å²) in [6.07, 6.45) is 6.82. The van der Waals surface area contributed by atoms with Gasteiger partial charge in [-0.05, 0) is 19.8 Å². The van der Waals surface area contributed by atoms with E-state index >= 15 is 0 Å². The zero-order valence-electron chi connectivity index (χ0n) is 10.3. The number of hydrogen-bond acceptors (Lipinski definition) is 3. The van der Waals surface area contributed by atoms with Crippen molar-refractivity contribution in [2.45, 2.75) is 57.8 Å². The SMILES string of the molecule is Cc1oc(C2(C)CCCCC2)nc1CCO. The summed E-state index contributed by atoms with van der Waals surface area (Å²) in [5, 5.41) is 8.95. The highest BCUT2D eigenvalue weighted by Gasteiger charge is 2.34. The maximum atomic E-state index is 8.95. The fourth-order valence-corrected chi connectivity index (χ4v) is 2.57. The standard InChI is InChI=1S/C13H21NO2/c1-10-11(6-9-15)14-12(16-10)13(2)7-4-3-5-8-13/h15H,3-9H2,1-2H3. The largest absolute Gasteiger partial charge is 0.445 e. The molecule has 1 fully saturated rings. The van der Waals surface area contributed by atoms with Gasteiger partial charge in [0.2, 0.25) is 5.89 Å². The van der Waals surface area contributed by atoms with Crippen molar-refractivity contribution in [2.24, 2.45) is 0 Å². The first kappa shape index (κ1) is 11.6. The highest BCUT2D eigenvalue weighted by molar-refractivity contribution is 5.14. The highest BCUT2D eigenvalue weighted by atomic mass is 16.4. The molecule has 0 spiro atoms. The predicted octanol–water partition coefficient (Wildman–Crippen LogP) is 2.74. The molecule has 1 saturated carbocycles. The van der Waals surface area contributed by atoms with Crippen LogP contribution < -0.4 is 0 Å². The van der Waals surface area contributed by atoms with E-state index in [9.17, 15) is 0 Å². The van der Waals surface area contributed by atoms with Crippen molar-refractivity contribution < 1.29 is 9.52 Å². The minimum absolute atomic E-state index is 0.122. The maximum Gasteiger partial charge on any atom is 0.200 e. The molecule has 1 aromatic heterocycles. The van der Waals surface area contributed by atoms with Gasteiger partial charge in [-0.15, -0.1) is 0 Å². The molecule has 16 heavy (non-hydrogen) atoms. The molecule has 0 bridgehead atoms. The maximum absolute atomic E-state index is 8.95. The zero-order chi connectivity index (χ0) is 11.6. The third-order valence-electron chi connectivity index (χ3n) is 3.71. The number of rotatable bonds is 3. The first-order valence-electron chi connectivity index (χ1n) is 6.23. The number of aromatic nitrogens is 1. The molecule has 0 amide bonds. The van der Waals surface area contributed by atoms with E-state index in [0.717, 1.165) is 17.3 Å². The molecule has 3 heteroatoms. The number of hydrogen-bond donors (Lipinski definition) is 1. The van der Waals surface area contributed by atoms with Gasteiger partial charge in [-0.1, -0.05) is 26.2 Å². The van der Waals surface area contributed by atoms with E-state index in [-0.39, 0.29) is 12.0 Å². The van der Waals surface area contributed by atoms with Crippen LogP contribution in [0.5, 0.6) is 0 Å². The number of aliphatic hydroxyl groups is 1. The van der Waals surface area contributed by atoms with Crippen molar-refractivity contribution in [3.63, 3.8) is 0 Å². The Labute approximate surface area is 96.9 Å². The Bertz CT molecular complexity index is 351. The van der Waals surface area contributed by atoms with E-state index in [1.165, 1.54) is 32.1 Å². The molecule has 0 unspecified atom stereocenters. The Morgan fingerprint density at radius 1 is 1.31 bits per heavy atom. The topological polar surface area (TPSA) is 46.3 Å². The van der Waals surface area contributed by atoms with Gasteiger partial charge in [-0.25, -0.2) is 4.98 Å². The van der Waals surface area contributed by atoms with Crippen LogP contribution in [-0.2, 0) is 11.8 Å². The molecular formula is C13H21NO2. The molecule has 1 aromatic rings. The molecule has 0 saturated heterocycles. The summed E-state index contributed by atoms with van der Waals surface area (Å²) < 4.78 is 5.79. The van der Waals surface area contributed by atoms with Crippen molar-refractivity contribution in [1.29, 1.82) is 0 Å². The molecule has 0 atom stereocenters. The number of aryl methyl sites for hydroxylation is 1. The monoisotopic (exact) mass is 223 g/mol. The fourth-order valence-electron chi connectivity index (χ4n) is 2.57. The van der Waals surface area contributed by atoms with Crippen molar-refractivity contribution in [1.82, 2.24) is 4.98 Å². The summed E-state index contributed by atoms with van der Waals surface area (Å²) in [6, 6.07) is 0. The van der Waals surface area contributed by atoms with Gasteiger partial charge in [0.05, 0.1) is 5.69 Å². The number of aliphatic hydroxyl groups excluding tert-OH is 1. The minimum atomic E-state index is 0.122. The highest BCUT2D eigenvalue weighted by Crippen LogP contribution is 2.38. The van der Waals surface area contributed by atoms with Crippen LogP contribution in [-0.4, -0.2) is 16.7 Å². The van der Waals surface area contributed by atoms with Crippen LogP contribution in [0.2, 0.25) is 0 Å². The lowest BCUT2D eigenvalue weighted by Gasteiger charge is -2.30. The Morgan fingerprint density at radius 2 is 2.00 bits per heavy atom. The number of nitrogens with zero attached hydrogens (tertiary/aromatic N) is 1. The van der Waals surface area contributed by atoms with Crippen LogP contribution in [0.1, 0.15) is 56.4 Å². The van der Waals surface area contributed by atoms with Gasteiger partial charge in [0.25, 0.3) is 0 Å². The first-order valence-corrected chi connectivity index (χ1v) is 6.23. The molecule has 1 N–H and O–H groups in total. The summed E-state index contributed by atoms with van der Waals surface area (Å²) in [4.78, 5) is 4.57. The second-order valence-electron chi connectivity index (χ2n) is 5.12. The Hall–Kier alpha value is -0.830. The van der Waals surface area contributed by atoms with E-state index < -0.39 is 0 Å². The second kappa shape index (κ2) is 4.58. The summed E-state index contributed by atoms with van der Waals surface area (Å²) in [6.45, 7) is 4.33. The average Bonchev–Trinajstić information content (AvgIpc) is 2.63. The van der Waals surface area contributed by atoms with Crippen LogP contribution in [0.4, 0.5) is 0 Å². The molecule has 90 valence electrons. The van der Waals surface area contributed by atoms with E-state index in [0.29, 0.717) is 6.42 Å². The third kappa shape index (κ3) is 2.14. The molecule has 1 aliphatic carbocycles. The molecular weight excluding hydrogens is 202 g/mol. The zero-order valence-corrected chi connectivity index (χ0v) is 10.3. The van der Waals surface area contributed by atoms with Crippen LogP contribution >= 0.6 is 0 Å². The van der Waals surface area contributed by atoms with Crippen LogP contribution in [0.25, 0.3) is 0 Å². The van der Waals surface area contributed by atoms with Crippen LogP contribution in [0, 0.1) is 6.92 Å². The fraction of sp³-hybridized carbons (Fsp3) is 0.769. The van der Waals surface area contributed by atoms with Crippen molar-refractivity contribution in [3.8, 4) is 0 Å². The normalized spacial score (nSPS) is 19.9. The van der Waals surface area contributed by atoms with Gasteiger partial charge < -0.3 is 9.52 Å². The lowest BCUT2D eigenvalue weighted by atomic mass is 9.76. The first-order chi connectivity index (χ1) is 7.65. The summed E-state index contributed by atoms with van der Waals surface area (Å²) in [7, 11) is 0. The second-order valence-corrected chi connectivity index (χ2v) is 5.12. The molecule has 0 radical (unpaired) electrons. The van der Waals surface area contributed by atoms with Crippen molar-refractivity contribution in [3.05, 3.63) is 17.3 Å². The summed E-state index contributed by atoms with van der Waals surface area (Å²) in [5.41, 5.74) is 1.04. The van der Waals surface area contributed by atoms with Gasteiger partial charge in [-0.2, -0.15) is 0 Å². The Kier molecular flexibility index (Phi) is 3.33. The summed E-state index contributed by atoms with van der Waals surface area (Å²) >= 11 is 0. The molecule has 1 heterocycles. The van der Waals surface area contributed by atoms with Crippen LogP contribution in [0.15, 0.2) is 4.42 Å². The quantitative estimate of drug-likeness (QED) is 0.857. The van der Waals surface area contributed by atoms with E-state index in [4.69, 9.17) is 9.52 Å². The van der Waals surface area contributed by atoms with Crippen molar-refractivity contribution >= 4 is 0 Å². The average molecular weight is 223 g/mol. The van der Waals surface area contributed by atoms with Gasteiger partial charge in [-0.3, -0.25) is 0 Å². The summed E-state index contributed by atoms with van der Waals surface area (Å²) in [5.74, 6) is 1.75.